The largest absolute Gasteiger partial charge is 0.435 e. The molecule has 3 rings (SSSR count). The molecule has 0 saturated heterocycles. The molecule has 2 aromatic heterocycles. The molecule has 0 aliphatic heterocycles. The molecule has 0 radical (unpaired) electrons. The molecule has 7 nitrogen and oxygen atoms in total. The number of amides is 1. The number of halogens is 3. The highest BCUT2D eigenvalue weighted by Crippen LogP contribution is 2.30. The summed E-state index contributed by atoms with van der Waals surface area (Å²) in [6.45, 7) is 1.63. The summed E-state index contributed by atoms with van der Waals surface area (Å²) in [5, 5.41) is 9.69. The van der Waals surface area contributed by atoms with Crippen LogP contribution in [0.2, 0.25) is 0 Å². The Labute approximate surface area is 152 Å². The minimum absolute atomic E-state index is 0.174. The van der Waals surface area contributed by atoms with E-state index in [9.17, 15) is 18.0 Å². The van der Waals surface area contributed by atoms with Gasteiger partial charge in [-0.15, -0.1) is 0 Å². The molecule has 0 bridgehead atoms. The zero-order valence-corrected chi connectivity index (χ0v) is 14.5. The van der Waals surface area contributed by atoms with E-state index in [1.807, 2.05) is 30.3 Å². The highest BCUT2D eigenvalue weighted by atomic mass is 19.4. The highest BCUT2D eigenvalue weighted by Gasteiger charge is 2.39. The Bertz CT molecular complexity index is 934. The number of carbonyl (C=O) groups is 1. The van der Waals surface area contributed by atoms with Crippen LogP contribution in [0.15, 0.2) is 41.1 Å². The first-order valence-corrected chi connectivity index (χ1v) is 8.03. The predicted octanol–water partition coefficient (Wildman–Crippen LogP) is 2.85. The molecule has 1 amide bonds. The molecular formula is C17H16F3N5O2. The summed E-state index contributed by atoms with van der Waals surface area (Å²) in [6, 6.07) is 8.64. The first-order valence-electron chi connectivity index (χ1n) is 8.03. The van der Waals surface area contributed by atoms with Crippen LogP contribution >= 0.6 is 0 Å². The Morgan fingerprint density at radius 3 is 2.67 bits per heavy atom. The van der Waals surface area contributed by atoms with Gasteiger partial charge in [-0.05, 0) is 6.92 Å². The summed E-state index contributed by atoms with van der Waals surface area (Å²) < 4.78 is 45.0. The fourth-order valence-electron chi connectivity index (χ4n) is 2.52. The number of hydrogen-bond donors (Lipinski definition) is 1. The van der Waals surface area contributed by atoms with E-state index >= 15 is 0 Å². The van der Waals surface area contributed by atoms with Crippen LogP contribution in [0, 0.1) is 0 Å². The number of alkyl halides is 3. The zero-order valence-electron chi connectivity index (χ0n) is 14.5. The number of benzene rings is 1. The van der Waals surface area contributed by atoms with Crippen LogP contribution in [0.1, 0.15) is 28.9 Å². The zero-order chi connectivity index (χ0) is 19.6. The van der Waals surface area contributed by atoms with Crippen molar-refractivity contribution in [1.29, 1.82) is 0 Å². The topological polar surface area (TPSA) is 85.8 Å². The average Bonchev–Trinajstić information content (AvgIpc) is 3.22. The molecule has 27 heavy (non-hydrogen) atoms. The minimum Gasteiger partial charge on any atom is -0.349 e. The second-order valence-corrected chi connectivity index (χ2v) is 6.02. The first kappa shape index (κ1) is 18.6. The third-order valence-electron chi connectivity index (χ3n) is 3.70. The molecule has 0 spiro atoms. The Kier molecular flexibility index (Phi) is 4.98. The van der Waals surface area contributed by atoms with E-state index in [2.05, 4.69) is 20.6 Å². The summed E-state index contributed by atoms with van der Waals surface area (Å²) in [7, 11) is 1.32. The SMILES string of the molecule is CC(Cc1nc(-c2ccccc2)no1)NC(=O)c1cn(C)nc1C(F)(F)F. The van der Waals surface area contributed by atoms with Crippen LogP contribution in [-0.4, -0.2) is 31.9 Å². The van der Waals surface area contributed by atoms with Gasteiger partial charge in [-0.2, -0.15) is 23.3 Å². The Balaban J connectivity index is 1.67. The quantitative estimate of drug-likeness (QED) is 0.737. The average molecular weight is 379 g/mol. The molecule has 0 fully saturated rings. The van der Waals surface area contributed by atoms with Crippen LogP contribution in [0.4, 0.5) is 13.2 Å². The fourth-order valence-corrected chi connectivity index (χ4v) is 2.52. The Hall–Kier alpha value is -3.17. The molecule has 0 saturated carbocycles. The summed E-state index contributed by atoms with van der Waals surface area (Å²) in [5.41, 5.74) is -0.986. The molecule has 0 aliphatic carbocycles. The van der Waals surface area contributed by atoms with Crippen molar-refractivity contribution in [2.24, 2.45) is 7.05 Å². The van der Waals surface area contributed by atoms with Crippen molar-refractivity contribution in [1.82, 2.24) is 25.2 Å². The maximum atomic E-state index is 13.0. The molecule has 1 aromatic carbocycles. The molecule has 0 aliphatic rings. The van der Waals surface area contributed by atoms with E-state index in [1.54, 1.807) is 6.92 Å². The molecular weight excluding hydrogens is 363 g/mol. The minimum atomic E-state index is -4.71. The number of carbonyl (C=O) groups excluding carboxylic acids is 1. The number of rotatable bonds is 5. The van der Waals surface area contributed by atoms with E-state index in [-0.39, 0.29) is 12.3 Å². The lowest BCUT2D eigenvalue weighted by molar-refractivity contribution is -0.141. The van der Waals surface area contributed by atoms with Gasteiger partial charge in [0.05, 0.1) is 5.56 Å². The molecule has 3 aromatic rings. The van der Waals surface area contributed by atoms with Crippen LogP contribution < -0.4 is 5.32 Å². The van der Waals surface area contributed by atoms with Gasteiger partial charge in [0.25, 0.3) is 5.91 Å². The van der Waals surface area contributed by atoms with Crippen LogP contribution in [-0.2, 0) is 19.6 Å². The Morgan fingerprint density at radius 1 is 1.30 bits per heavy atom. The van der Waals surface area contributed by atoms with Crippen LogP contribution in [0.3, 0.4) is 0 Å². The van der Waals surface area contributed by atoms with Gasteiger partial charge in [-0.1, -0.05) is 35.5 Å². The summed E-state index contributed by atoms with van der Waals surface area (Å²) in [6.07, 6.45) is -3.51. The third kappa shape index (κ3) is 4.33. The number of nitrogens with one attached hydrogen (secondary N) is 1. The monoisotopic (exact) mass is 379 g/mol. The third-order valence-corrected chi connectivity index (χ3v) is 3.70. The predicted molar refractivity (Wildman–Crippen MR) is 88.6 cm³/mol. The maximum absolute atomic E-state index is 13.0. The lowest BCUT2D eigenvalue weighted by Crippen LogP contribution is -2.35. The lowest BCUT2D eigenvalue weighted by atomic mass is 10.2. The van der Waals surface area contributed by atoms with E-state index in [1.165, 1.54) is 7.05 Å². The summed E-state index contributed by atoms with van der Waals surface area (Å²) in [4.78, 5) is 16.5. The second kappa shape index (κ2) is 7.22. The maximum Gasteiger partial charge on any atom is 0.435 e. The van der Waals surface area contributed by atoms with E-state index in [0.717, 1.165) is 16.4 Å². The fraction of sp³-hybridized carbons (Fsp3) is 0.294. The van der Waals surface area contributed by atoms with Gasteiger partial charge in [-0.25, -0.2) is 0 Å². The van der Waals surface area contributed by atoms with Crippen LogP contribution in [0.25, 0.3) is 11.4 Å². The van der Waals surface area contributed by atoms with Gasteiger partial charge < -0.3 is 9.84 Å². The number of aromatic nitrogens is 4. The number of nitrogens with zero attached hydrogens (tertiary/aromatic N) is 4. The standard InChI is InChI=1S/C17H16F3N5O2/c1-10(8-13-22-15(24-27-13)11-6-4-3-5-7-11)21-16(26)12-9-25(2)23-14(12)17(18,19)20/h3-7,9-10H,8H2,1-2H3,(H,21,26). The highest BCUT2D eigenvalue weighted by molar-refractivity contribution is 5.95. The van der Waals surface area contributed by atoms with Crippen molar-refractivity contribution in [3.63, 3.8) is 0 Å². The van der Waals surface area contributed by atoms with Crippen molar-refractivity contribution in [2.45, 2.75) is 25.6 Å². The molecule has 2 heterocycles. The smallest absolute Gasteiger partial charge is 0.349 e. The van der Waals surface area contributed by atoms with E-state index in [4.69, 9.17) is 4.52 Å². The summed E-state index contributed by atoms with van der Waals surface area (Å²) >= 11 is 0. The van der Waals surface area contributed by atoms with Crippen molar-refractivity contribution in [3.05, 3.63) is 53.7 Å². The molecule has 10 heteroatoms. The molecule has 1 atom stereocenters. The normalized spacial score (nSPS) is 12.8. The van der Waals surface area contributed by atoms with Crippen molar-refractivity contribution in [2.75, 3.05) is 0 Å². The van der Waals surface area contributed by atoms with Gasteiger partial charge in [0.2, 0.25) is 11.7 Å². The number of aryl methyl sites for hydroxylation is 1. The second-order valence-electron chi connectivity index (χ2n) is 6.02. The molecule has 142 valence electrons. The Morgan fingerprint density at radius 2 is 2.00 bits per heavy atom. The molecule has 1 N–H and O–H groups in total. The first-order chi connectivity index (χ1) is 12.7. The van der Waals surface area contributed by atoms with Gasteiger partial charge in [0, 0.05) is 31.3 Å². The van der Waals surface area contributed by atoms with Gasteiger partial charge in [0.1, 0.15) is 0 Å². The van der Waals surface area contributed by atoms with Gasteiger partial charge in [-0.3, -0.25) is 9.48 Å². The van der Waals surface area contributed by atoms with Crippen LogP contribution in [0.5, 0.6) is 0 Å². The van der Waals surface area contributed by atoms with Crippen molar-refractivity contribution in [3.8, 4) is 11.4 Å². The van der Waals surface area contributed by atoms with Gasteiger partial charge >= 0.3 is 6.18 Å². The number of hydrogen-bond acceptors (Lipinski definition) is 5. The molecule has 1 unspecified atom stereocenters. The van der Waals surface area contributed by atoms with E-state index in [0.29, 0.717) is 5.82 Å². The van der Waals surface area contributed by atoms with E-state index < -0.39 is 29.4 Å². The van der Waals surface area contributed by atoms with Gasteiger partial charge in [0.15, 0.2) is 5.69 Å². The lowest BCUT2D eigenvalue weighted by Gasteiger charge is -2.12. The summed E-state index contributed by atoms with van der Waals surface area (Å²) in [5.74, 6) is -0.203. The van der Waals surface area contributed by atoms with Crippen molar-refractivity contribution >= 4 is 5.91 Å². The van der Waals surface area contributed by atoms with Crippen molar-refractivity contribution < 1.29 is 22.5 Å².